The number of carbonyl (C=O) groups is 1. The van der Waals surface area contributed by atoms with Gasteiger partial charge in [0, 0.05) is 29.1 Å². The molecule has 1 atom stereocenters. The minimum absolute atomic E-state index is 0.0323. The van der Waals surface area contributed by atoms with Crippen LogP contribution < -0.4 is 10.9 Å². The number of amides is 1. The Morgan fingerprint density at radius 3 is 2.84 bits per heavy atom. The van der Waals surface area contributed by atoms with Crippen molar-refractivity contribution in [2.45, 2.75) is 51.5 Å². The van der Waals surface area contributed by atoms with Gasteiger partial charge in [0.05, 0.1) is 11.1 Å². The fourth-order valence-electron chi connectivity index (χ4n) is 4.55. The SMILES string of the molecule is CC[C@@H]1CCCN1CCCCC(=O)Nc1cccc(-c2n[nH]c(=O)c3ccccc23)c1. The third kappa shape index (κ3) is 5.02. The van der Waals surface area contributed by atoms with E-state index in [1.54, 1.807) is 6.07 Å². The molecule has 6 heteroatoms. The summed E-state index contributed by atoms with van der Waals surface area (Å²) in [6, 6.07) is 15.7. The summed E-state index contributed by atoms with van der Waals surface area (Å²) in [5.74, 6) is 0.0323. The number of aromatic nitrogens is 2. The number of anilines is 1. The summed E-state index contributed by atoms with van der Waals surface area (Å²) < 4.78 is 0. The number of likely N-dealkylation sites (tertiary alicyclic amines) is 1. The lowest BCUT2D eigenvalue weighted by Gasteiger charge is -2.22. The van der Waals surface area contributed by atoms with Gasteiger partial charge in [-0.15, -0.1) is 0 Å². The topological polar surface area (TPSA) is 78.1 Å². The maximum Gasteiger partial charge on any atom is 0.272 e. The van der Waals surface area contributed by atoms with Crippen LogP contribution in [0.5, 0.6) is 0 Å². The van der Waals surface area contributed by atoms with Crippen molar-refractivity contribution >= 4 is 22.4 Å². The number of unbranched alkanes of at least 4 members (excludes halogenated alkanes) is 1. The van der Waals surface area contributed by atoms with E-state index in [9.17, 15) is 9.59 Å². The number of hydrogen-bond donors (Lipinski definition) is 2. The standard InChI is InChI=1S/C25H30N4O2/c1-2-20-11-8-16-29(20)15-6-5-14-23(30)26-19-10-7-9-18(17-19)24-21-12-3-4-13-22(21)25(31)28-27-24/h3-4,7,9-10,12-13,17,20H,2,5-6,8,11,14-16H2,1H3,(H,26,30)(H,28,31)/t20-/m1/s1. The Balaban J connectivity index is 1.36. The predicted octanol–water partition coefficient (Wildman–Crippen LogP) is 4.57. The van der Waals surface area contributed by atoms with Gasteiger partial charge in [-0.25, -0.2) is 5.10 Å². The number of nitrogens with one attached hydrogen (secondary N) is 2. The van der Waals surface area contributed by atoms with Crippen molar-refractivity contribution in [2.75, 3.05) is 18.4 Å². The quantitative estimate of drug-likeness (QED) is 0.525. The molecule has 0 unspecified atom stereocenters. The Hall–Kier alpha value is -2.99. The minimum Gasteiger partial charge on any atom is -0.326 e. The summed E-state index contributed by atoms with van der Waals surface area (Å²) in [6.45, 7) is 4.55. The van der Waals surface area contributed by atoms with Crippen LogP contribution in [0.15, 0.2) is 53.3 Å². The fourth-order valence-corrected chi connectivity index (χ4v) is 4.55. The molecule has 2 heterocycles. The van der Waals surface area contributed by atoms with Crippen molar-refractivity contribution in [2.24, 2.45) is 0 Å². The van der Waals surface area contributed by atoms with Crippen LogP contribution in [0.3, 0.4) is 0 Å². The summed E-state index contributed by atoms with van der Waals surface area (Å²) in [6.07, 6.45) is 6.30. The molecule has 0 spiro atoms. The molecule has 1 aromatic heterocycles. The zero-order valence-electron chi connectivity index (χ0n) is 18.1. The van der Waals surface area contributed by atoms with E-state index in [0.717, 1.165) is 42.1 Å². The van der Waals surface area contributed by atoms with Gasteiger partial charge in [0.1, 0.15) is 0 Å². The fraction of sp³-hybridized carbons (Fsp3) is 0.400. The molecule has 1 saturated heterocycles. The second kappa shape index (κ2) is 9.88. The Kier molecular flexibility index (Phi) is 6.77. The number of nitrogens with zero attached hydrogens (tertiary/aromatic N) is 2. The molecule has 2 N–H and O–H groups in total. The van der Waals surface area contributed by atoms with E-state index in [4.69, 9.17) is 0 Å². The van der Waals surface area contributed by atoms with E-state index < -0.39 is 0 Å². The number of benzene rings is 2. The second-order valence-electron chi connectivity index (χ2n) is 8.27. The van der Waals surface area contributed by atoms with Crippen LogP contribution in [0.1, 0.15) is 45.4 Å². The Labute approximate surface area is 182 Å². The van der Waals surface area contributed by atoms with Gasteiger partial charge in [0.25, 0.3) is 5.56 Å². The van der Waals surface area contributed by atoms with E-state index in [1.165, 1.54) is 25.8 Å². The molecule has 1 amide bonds. The zero-order chi connectivity index (χ0) is 21.6. The van der Waals surface area contributed by atoms with Gasteiger partial charge in [-0.3, -0.25) is 9.59 Å². The highest BCUT2D eigenvalue weighted by molar-refractivity contribution is 5.95. The van der Waals surface area contributed by atoms with Gasteiger partial charge in [0.15, 0.2) is 0 Å². The van der Waals surface area contributed by atoms with Crippen molar-refractivity contribution in [1.82, 2.24) is 15.1 Å². The third-order valence-electron chi connectivity index (χ3n) is 6.19. The summed E-state index contributed by atoms with van der Waals surface area (Å²) in [5.41, 5.74) is 2.08. The smallest absolute Gasteiger partial charge is 0.272 e. The number of rotatable bonds is 8. The van der Waals surface area contributed by atoms with E-state index in [-0.39, 0.29) is 11.5 Å². The van der Waals surface area contributed by atoms with Gasteiger partial charge in [0.2, 0.25) is 5.91 Å². The van der Waals surface area contributed by atoms with Gasteiger partial charge in [-0.2, -0.15) is 5.10 Å². The maximum absolute atomic E-state index is 12.4. The third-order valence-corrected chi connectivity index (χ3v) is 6.19. The largest absolute Gasteiger partial charge is 0.326 e. The summed E-state index contributed by atoms with van der Waals surface area (Å²) in [7, 11) is 0. The molecular formula is C25H30N4O2. The predicted molar refractivity (Wildman–Crippen MR) is 125 cm³/mol. The molecule has 1 aliphatic heterocycles. The van der Waals surface area contributed by atoms with Crippen LogP contribution in [-0.2, 0) is 4.79 Å². The van der Waals surface area contributed by atoms with Crippen molar-refractivity contribution in [3.05, 3.63) is 58.9 Å². The molecule has 2 aromatic carbocycles. The highest BCUT2D eigenvalue weighted by Gasteiger charge is 2.21. The lowest BCUT2D eigenvalue weighted by Crippen LogP contribution is -2.29. The van der Waals surface area contributed by atoms with Crippen LogP contribution in [-0.4, -0.2) is 40.1 Å². The Morgan fingerprint density at radius 1 is 1.16 bits per heavy atom. The van der Waals surface area contributed by atoms with Gasteiger partial charge < -0.3 is 10.2 Å². The molecule has 1 aliphatic rings. The first-order valence-corrected chi connectivity index (χ1v) is 11.3. The average Bonchev–Trinajstić information content (AvgIpc) is 3.25. The van der Waals surface area contributed by atoms with Crippen LogP contribution in [0.4, 0.5) is 5.69 Å². The van der Waals surface area contributed by atoms with Crippen molar-refractivity contribution < 1.29 is 4.79 Å². The van der Waals surface area contributed by atoms with Crippen LogP contribution in [0.25, 0.3) is 22.0 Å². The molecule has 0 radical (unpaired) electrons. The molecule has 0 bridgehead atoms. The first-order chi connectivity index (χ1) is 15.2. The summed E-state index contributed by atoms with van der Waals surface area (Å²) in [5, 5.41) is 11.2. The number of fused-ring (bicyclic) bond motifs is 1. The molecule has 0 saturated carbocycles. The lowest BCUT2D eigenvalue weighted by atomic mass is 10.0. The van der Waals surface area contributed by atoms with Crippen molar-refractivity contribution in [1.29, 1.82) is 0 Å². The lowest BCUT2D eigenvalue weighted by molar-refractivity contribution is -0.116. The first kappa shape index (κ1) is 21.2. The molecule has 162 valence electrons. The Bertz CT molecular complexity index is 1110. The second-order valence-corrected chi connectivity index (χ2v) is 8.27. The van der Waals surface area contributed by atoms with Crippen molar-refractivity contribution in [3.63, 3.8) is 0 Å². The van der Waals surface area contributed by atoms with E-state index in [0.29, 0.717) is 17.5 Å². The minimum atomic E-state index is -0.206. The number of aromatic amines is 1. The first-order valence-electron chi connectivity index (χ1n) is 11.3. The summed E-state index contributed by atoms with van der Waals surface area (Å²) >= 11 is 0. The Morgan fingerprint density at radius 2 is 2.00 bits per heavy atom. The summed E-state index contributed by atoms with van der Waals surface area (Å²) in [4.78, 5) is 27.1. The number of H-pyrrole nitrogens is 1. The monoisotopic (exact) mass is 418 g/mol. The average molecular weight is 419 g/mol. The van der Waals surface area contributed by atoms with Crippen LogP contribution in [0.2, 0.25) is 0 Å². The normalized spacial score (nSPS) is 16.6. The number of hydrogen-bond acceptors (Lipinski definition) is 4. The van der Waals surface area contributed by atoms with Gasteiger partial charge in [-0.05, 0) is 63.4 Å². The highest BCUT2D eigenvalue weighted by atomic mass is 16.1. The van der Waals surface area contributed by atoms with E-state index >= 15 is 0 Å². The zero-order valence-corrected chi connectivity index (χ0v) is 18.1. The van der Waals surface area contributed by atoms with Gasteiger partial charge in [-0.1, -0.05) is 37.3 Å². The number of carbonyl (C=O) groups excluding carboxylic acids is 1. The van der Waals surface area contributed by atoms with Gasteiger partial charge >= 0.3 is 0 Å². The van der Waals surface area contributed by atoms with Crippen molar-refractivity contribution in [3.8, 4) is 11.3 Å². The van der Waals surface area contributed by atoms with E-state index in [2.05, 4.69) is 27.3 Å². The molecule has 31 heavy (non-hydrogen) atoms. The highest BCUT2D eigenvalue weighted by Crippen LogP contribution is 2.26. The maximum atomic E-state index is 12.4. The molecule has 0 aliphatic carbocycles. The molecule has 3 aromatic rings. The molecule has 6 nitrogen and oxygen atoms in total. The van der Waals surface area contributed by atoms with Crippen LogP contribution >= 0.6 is 0 Å². The van der Waals surface area contributed by atoms with E-state index in [1.807, 2.05) is 42.5 Å². The molecule has 1 fully saturated rings. The van der Waals surface area contributed by atoms with Crippen LogP contribution in [0, 0.1) is 0 Å². The molecular weight excluding hydrogens is 388 g/mol. The molecule has 4 rings (SSSR count).